The second-order valence-electron chi connectivity index (χ2n) is 4.79. The van der Waals surface area contributed by atoms with Crippen LogP contribution in [-0.4, -0.2) is 11.5 Å². The molecule has 2 aromatic carbocycles. The Labute approximate surface area is 120 Å². The molecule has 1 atom stereocenters. The van der Waals surface area contributed by atoms with Crippen molar-refractivity contribution in [1.29, 1.82) is 0 Å². The molecule has 5 heteroatoms. The number of alkyl halides is 3. The van der Waals surface area contributed by atoms with E-state index in [2.05, 4.69) is 4.74 Å². The summed E-state index contributed by atoms with van der Waals surface area (Å²) in [6.07, 6.45) is -5.97. The van der Waals surface area contributed by atoms with Crippen LogP contribution in [0.1, 0.15) is 28.4 Å². The lowest BCUT2D eigenvalue weighted by molar-refractivity contribution is -0.275. The molecule has 0 aromatic heterocycles. The van der Waals surface area contributed by atoms with E-state index in [0.29, 0.717) is 5.56 Å². The summed E-state index contributed by atoms with van der Waals surface area (Å²) in [5.41, 5.74) is 2.30. The predicted octanol–water partition coefficient (Wildman–Crippen LogP) is 4.28. The first kappa shape index (κ1) is 15.4. The van der Waals surface area contributed by atoms with Gasteiger partial charge in [-0.1, -0.05) is 36.4 Å². The maximum Gasteiger partial charge on any atom is 0.573 e. The van der Waals surface area contributed by atoms with Gasteiger partial charge >= 0.3 is 6.36 Å². The Morgan fingerprint density at radius 3 is 2.10 bits per heavy atom. The lowest BCUT2D eigenvalue weighted by Gasteiger charge is -2.20. The highest BCUT2D eigenvalue weighted by Gasteiger charge is 2.33. The fourth-order valence-corrected chi connectivity index (χ4v) is 2.34. The monoisotopic (exact) mass is 296 g/mol. The number of aliphatic hydroxyl groups is 1. The van der Waals surface area contributed by atoms with E-state index in [9.17, 15) is 18.3 Å². The largest absolute Gasteiger partial charge is 0.573 e. The number of hydrogen-bond donors (Lipinski definition) is 1. The van der Waals surface area contributed by atoms with E-state index in [1.165, 1.54) is 18.2 Å². The zero-order valence-corrected chi connectivity index (χ0v) is 11.6. The van der Waals surface area contributed by atoms with Crippen molar-refractivity contribution in [3.63, 3.8) is 0 Å². The van der Waals surface area contributed by atoms with Crippen LogP contribution in [0.4, 0.5) is 13.2 Å². The van der Waals surface area contributed by atoms with E-state index in [-0.39, 0.29) is 11.3 Å². The van der Waals surface area contributed by atoms with Gasteiger partial charge in [0.05, 0.1) is 0 Å². The van der Waals surface area contributed by atoms with Crippen molar-refractivity contribution in [2.45, 2.75) is 26.3 Å². The second-order valence-corrected chi connectivity index (χ2v) is 4.79. The fraction of sp³-hybridized carbons (Fsp3) is 0.250. The van der Waals surface area contributed by atoms with E-state index in [0.717, 1.165) is 11.1 Å². The Kier molecular flexibility index (Phi) is 4.23. The van der Waals surface area contributed by atoms with Crippen LogP contribution in [0.25, 0.3) is 0 Å². The van der Waals surface area contributed by atoms with Crippen LogP contribution in [0.3, 0.4) is 0 Å². The van der Waals surface area contributed by atoms with Crippen molar-refractivity contribution >= 4 is 0 Å². The van der Waals surface area contributed by atoms with Gasteiger partial charge in [-0.3, -0.25) is 0 Å². The minimum absolute atomic E-state index is 0.0900. The number of para-hydroxylation sites is 1. The van der Waals surface area contributed by atoms with Crippen molar-refractivity contribution in [2.75, 3.05) is 0 Å². The molecule has 2 nitrogen and oxygen atoms in total. The van der Waals surface area contributed by atoms with Crippen LogP contribution in [0.2, 0.25) is 0 Å². The molecule has 0 saturated carbocycles. The number of benzene rings is 2. The van der Waals surface area contributed by atoms with E-state index >= 15 is 0 Å². The molecule has 0 amide bonds. The third kappa shape index (κ3) is 3.55. The van der Waals surface area contributed by atoms with E-state index in [4.69, 9.17) is 0 Å². The van der Waals surface area contributed by atoms with Gasteiger partial charge in [-0.2, -0.15) is 0 Å². The van der Waals surface area contributed by atoms with E-state index in [1.54, 1.807) is 32.0 Å². The average Bonchev–Trinajstić information content (AvgIpc) is 2.37. The molecule has 2 aromatic rings. The SMILES string of the molecule is Cc1cccc(C)c1C(O)c1ccccc1OC(F)(F)F. The van der Waals surface area contributed by atoms with Gasteiger partial charge in [-0.15, -0.1) is 13.2 Å². The molecule has 21 heavy (non-hydrogen) atoms. The van der Waals surface area contributed by atoms with Crippen LogP contribution in [0.15, 0.2) is 42.5 Å². The van der Waals surface area contributed by atoms with Crippen LogP contribution >= 0.6 is 0 Å². The topological polar surface area (TPSA) is 29.5 Å². The summed E-state index contributed by atoms with van der Waals surface area (Å²) in [5.74, 6) is -0.389. The van der Waals surface area contributed by atoms with Gasteiger partial charge in [0.25, 0.3) is 0 Å². The molecule has 0 aliphatic rings. The quantitative estimate of drug-likeness (QED) is 0.916. The van der Waals surface area contributed by atoms with Gasteiger partial charge < -0.3 is 9.84 Å². The van der Waals surface area contributed by atoms with Crippen LogP contribution in [-0.2, 0) is 0 Å². The minimum atomic E-state index is -4.80. The van der Waals surface area contributed by atoms with Crippen LogP contribution in [0, 0.1) is 13.8 Å². The molecular formula is C16H15F3O2. The third-order valence-corrected chi connectivity index (χ3v) is 3.25. The summed E-state index contributed by atoms with van der Waals surface area (Å²) in [6.45, 7) is 3.61. The molecule has 0 aliphatic heterocycles. The van der Waals surface area contributed by atoms with Crippen molar-refractivity contribution in [2.24, 2.45) is 0 Å². The van der Waals surface area contributed by atoms with Crippen LogP contribution < -0.4 is 4.74 Å². The summed E-state index contributed by atoms with van der Waals surface area (Å²) in [7, 11) is 0. The molecule has 0 bridgehead atoms. The second kappa shape index (κ2) is 5.77. The van der Waals surface area contributed by atoms with Gasteiger partial charge in [0, 0.05) is 5.56 Å². The standard InChI is InChI=1S/C16H15F3O2/c1-10-6-5-7-11(2)14(10)15(20)12-8-3-4-9-13(12)21-16(17,18)19/h3-9,15,20H,1-2H3. The summed E-state index contributed by atoms with van der Waals surface area (Å²) < 4.78 is 41.3. The molecule has 0 radical (unpaired) electrons. The Bertz CT molecular complexity index is 615. The zero-order valence-electron chi connectivity index (χ0n) is 11.6. The number of halogens is 3. The Morgan fingerprint density at radius 1 is 0.952 bits per heavy atom. The summed E-state index contributed by atoms with van der Waals surface area (Å²) in [5, 5.41) is 10.5. The fourth-order valence-electron chi connectivity index (χ4n) is 2.34. The van der Waals surface area contributed by atoms with E-state index < -0.39 is 12.5 Å². The summed E-state index contributed by atoms with van der Waals surface area (Å²) in [4.78, 5) is 0. The summed E-state index contributed by atoms with van der Waals surface area (Å²) in [6, 6.07) is 11.1. The molecule has 1 unspecified atom stereocenters. The smallest absolute Gasteiger partial charge is 0.405 e. The maximum atomic E-state index is 12.4. The first-order valence-electron chi connectivity index (χ1n) is 6.38. The molecule has 2 rings (SSSR count). The molecule has 0 saturated heterocycles. The van der Waals surface area contributed by atoms with Gasteiger partial charge in [-0.25, -0.2) is 0 Å². The van der Waals surface area contributed by atoms with Gasteiger partial charge in [0.2, 0.25) is 0 Å². The Hall–Kier alpha value is -2.01. The Balaban J connectivity index is 2.47. The first-order chi connectivity index (χ1) is 9.79. The molecule has 0 spiro atoms. The van der Waals surface area contributed by atoms with E-state index in [1.807, 2.05) is 6.07 Å². The molecular weight excluding hydrogens is 281 g/mol. The highest BCUT2D eigenvalue weighted by Crippen LogP contribution is 2.35. The molecule has 112 valence electrons. The normalized spacial score (nSPS) is 13.0. The lowest BCUT2D eigenvalue weighted by Crippen LogP contribution is -2.19. The highest BCUT2D eigenvalue weighted by molar-refractivity contribution is 5.45. The number of ether oxygens (including phenoxy) is 1. The number of aryl methyl sites for hydroxylation is 2. The van der Waals surface area contributed by atoms with Gasteiger partial charge in [-0.05, 0) is 36.6 Å². The van der Waals surface area contributed by atoms with Gasteiger partial charge in [0.15, 0.2) is 0 Å². The number of hydrogen-bond acceptors (Lipinski definition) is 2. The Morgan fingerprint density at radius 2 is 1.52 bits per heavy atom. The molecule has 0 fully saturated rings. The molecule has 0 aliphatic carbocycles. The summed E-state index contributed by atoms with van der Waals surface area (Å²) >= 11 is 0. The number of aliphatic hydroxyl groups excluding tert-OH is 1. The zero-order chi connectivity index (χ0) is 15.6. The van der Waals surface area contributed by atoms with Crippen molar-refractivity contribution in [3.8, 4) is 5.75 Å². The van der Waals surface area contributed by atoms with Crippen LogP contribution in [0.5, 0.6) is 5.75 Å². The molecule has 0 heterocycles. The minimum Gasteiger partial charge on any atom is -0.405 e. The maximum absolute atomic E-state index is 12.4. The van der Waals surface area contributed by atoms with Crippen molar-refractivity contribution in [1.82, 2.24) is 0 Å². The lowest BCUT2D eigenvalue weighted by atomic mass is 9.93. The third-order valence-electron chi connectivity index (χ3n) is 3.25. The van der Waals surface area contributed by atoms with Gasteiger partial charge in [0.1, 0.15) is 11.9 Å². The average molecular weight is 296 g/mol. The van der Waals surface area contributed by atoms with Crippen molar-refractivity contribution < 1.29 is 23.0 Å². The number of rotatable bonds is 3. The van der Waals surface area contributed by atoms with Crippen molar-refractivity contribution in [3.05, 3.63) is 64.7 Å². The predicted molar refractivity (Wildman–Crippen MR) is 73.1 cm³/mol. The highest BCUT2D eigenvalue weighted by atomic mass is 19.4. The molecule has 1 N–H and O–H groups in total. The first-order valence-corrected chi connectivity index (χ1v) is 6.38.